The number of likely N-dealkylation sites (tertiary alicyclic amines) is 1. The maximum Gasteiger partial charge on any atom is 0.0509 e. The molecule has 1 unspecified atom stereocenters. The molecule has 0 aromatic rings. The van der Waals surface area contributed by atoms with Gasteiger partial charge in [0.25, 0.3) is 0 Å². The third kappa shape index (κ3) is 2.01. The molecule has 0 radical (unpaired) electrons. The molecule has 14 heavy (non-hydrogen) atoms. The van der Waals surface area contributed by atoms with Crippen molar-refractivity contribution in [2.24, 2.45) is 5.92 Å². The molecule has 2 aliphatic rings. The molecule has 2 rings (SSSR count). The van der Waals surface area contributed by atoms with Gasteiger partial charge in [-0.25, -0.2) is 0 Å². The van der Waals surface area contributed by atoms with E-state index in [0.29, 0.717) is 5.92 Å². The quantitative estimate of drug-likeness (QED) is 0.679. The monoisotopic (exact) mass is 195 g/mol. The first-order chi connectivity index (χ1) is 6.81. The van der Waals surface area contributed by atoms with E-state index in [1.165, 1.54) is 37.7 Å². The number of hydrogen-bond acceptors (Lipinski definition) is 2. The van der Waals surface area contributed by atoms with E-state index in [1.54, 1.807) is 0 Å². The summed E-state index contributed by atoms with van der Waals surface area (Å²) in [7, 11) is 0. The highest BCUT2D eigenvalue weighted by molar-refractivity contribution is 5.11. The lowest BCUT2D eigenvalue weighted by Crippen LogP contribution is -2.35. The summed E-state index contributed by atoms with van der Waals surface area (Å²) in [4.78, 5) is 2.53. The molecule has 1 aliphatic heterocycles. The van der Waals surface area contributed by atoms with Gasteiger partial charge < -0.3 is 5.11 Å². The van der Waals surface area contributed by atoms with Crippen LogP contribution in [0.25, 0.3) is 0 Å². The van der Waals surface area contributed by atoms with Crippen LogP contribution in [-0.2, 0) is 0 Å². The lowest BCUT2D eigenvalue weighted by molar-refractivity contribution is 0.169. The smallest absolute Gasteiger partial charge is 0.0509 e. The van der Waals surface area contributed by atoms with Crippen LogP contribution in [-0.4, -0.2) is 35.7 Å². The fourth-order valence-electron chi connectivity index (χ4n) is 2.78. The highest BCUT2D eigenvalue weighted by Gasteiger charge is 2.30. The van der Waals surface area contributed by atoms with Crippen molar-refractivity contribution in [2.75, 3.05) is 19.7 Å². The molecule has 1 aliphatic carbocycles. The Morgan fingerprint density at radius 2 is 2.00 bits per heavy atom. The lowest BCUT2D eigenvalue weighted by Gasteiger charge is -2.30. The average Bonchev–Trinajstić information content (AvgIpc) is 2.61. The molecule has 1 saturated carbocycles. The van der Waals surface area contributed by atoms with Crippen LogP contribution in [0.5, 0.6) is 0 Å². The van der Waals surface area contributed by atoms with E-state index in [0.717, 1.165) is 19.1 Å². The Hall–Kier alpha value is -0.340. The van der Waals surface area contributed by atoms with Gasteiger partial charge in [-0.3, -0.25) is 4.90 Å². The Morgan fingerprint density at radius 1 is 1.29 bits per heavy atom. The Morgan fingerprint density at radius 3 is 2.57 bits per heavy atom. The second kappa shape index (κ2) is 4.45. The largest absolute Gasteiger partial charge is 0.396 e. The fraction of sp³-hybridized carbons (Fsp3) is 0.833. The van der Waals surface area contributed by atoms with Gasteiger partial charge in [-0.05, 0) is 12.8 Å². The molecule has 2 nitrogen and oxygen atoms in total. The van der Waals surface area contributed by atoms with Crippen molar-refractivity contribution in [3.05, 3.63) is 12.2 Å². The van der Waals surface area contributed by atoms with Crippen molar-refractivity contribution < 1.29 is 5.11 Å². The van der Waals surface area contributed by atoms with Gasteiger partial charge in [0.1, 0.15) is 0 Å². The molecule has 1 heterocycles. The van der Waals surface area contributed by atoms with E-state index >= 15 is 0 Å². The standard InChI is InChI=1S/C12H21NO/c1-10-7-13(8-11(10)9-14)12-5-3-2-4-6-12/h11-12,14H,1-9H2. The van der Waals surface area contributed by atoms with Gasteiger partial charge in [0.2, 0.25) is 0 Å². The van der Waals surface area contributed by atoms with E-state index in [1.807, 2.05) is 0 Å². The summed E-state index contributed by atoms with van der Waals surface area (Å²) in [5.74, 6) is 0.344. The van der Waals surface area contributed by atoms with Crippen LogP contribution in [0.3, 0.4) is 0 Å². The molecule has 1 atom stereocenters. The zero-order valence-electron chi connectivity index (χ0n) is 8.91. The molecular formula is C12H21NO. The van der Waals surface area contributed by atoms with Gasteiger partial charge in [-0.15, -0.1) is 0 Å². The van der Waals surface area contributed by atoms with Crippen LogP contribution in [0.2, 0.25) is 0 Å². The van der Waals surface area contributed by atoms with E-state index < -0.39 is 0 Å². The summed E-state index contributed by atoms with van der Waals surface area (Å²) in [5.41, 5.74) is 1.23. The minimum absolute atomic E-state index is 0.280. The Bertz CT molecular complexity index is 208. The second-order valence-electron chi connectivity index (χ2n) is 4.76. The Kier molecular flexibility index (Phi) is 3.24. The number of hydrogen-bond donors (Lipinski definition) is 1. The minimum Gasteiger partial charge on any atom is -0.396 e. The van der Waals surface area contributed by atoms with Crippen molar-refractivity contribution in [1.29, 1.82) is 0 Å². The zero-order chi connectivity index (χ0) is 9.97. The van der Waals surface area contributed by atoms with E-state index in [2.05, 4.69) is 11.5 Å². The van der Waals surface area contributed by atoms with Gasteiger partial charge >= 0.3 is 0 Å². The van der Waals surface area contributed by atoms with Crippen LogP contribution in [0.15, 0.2) is 12.2 Å². The molecule has 1 N–H and O–H groups in total. The third-order valence-corrected chi connectivity index (χ3v) is 3.75. The Labute approximate surface area is 86.6 Å². The molecule has 0 spiro atoms. The zero-order valence-corrected chi connectivity index (χ0v) is 8.91. The molecular weight excluding hydrogens is 174 g/mol. The minimum atomic E-state index is 0.280. The molecule has 80 valence electrons. The number of aliphatic hydroxyl groups is 1. The van der Waals surface area contributed by atoms with E-state index in [-0.39, 0.29) is 6.61 Å². The predicted molar refractivity (Wildman–Crippen MR) is 58.2 cm³/mol. The summed E-state index contributed by atoms with van der Waals surface area (Å²) in [6.07, 6.45) is 6.89. The van der Waals surface area contributed by atoms with E-state index in [4.69, 9.17) is 5.11 Å². The van der Waals surface area contributed by atoms with Crippen molar-refractivity contribution in [3.63, 3.8) is 0 Å². The number of aliphatic hydroxyl groups excluding tert-OH is 1. The Balaban J connectivity index is 1.90. The predicted octanol–water partition coefficient (Wildman–Crippen LogP) is 1.80. The summed E-state index contributed by atoms with van der Waals surface area (Å²) in [5, 5.41) is 9.17. The van der Waals surface area contributed by atoms with Gasteiger partial charge in [-0.1, -0.05) is 31.4 Å². The van der Waals surface area contributed by atoms with Crippen molar-refractivity contribution in [3.8, 4) is 0 Å². The highest BCUT2D eigenvalue weighted by atomic mass is 16.3. The maximum atomic E-state index is 9.17. The van der Waals surface area contributed by atoms with Crippen LogP contribution >= 0.6 is 0 Å². The fourth-order valence-corrected chi connectivity index (χ4v) is 2.78. The molecule has 0 bridgehead atoms. The molecule has 0 aromatic heterocycles. The van der Waals surface area contributed by atoms with Crippen molar-refractivity contribution in [2.45, 2.75) is 38.1 Å². The van der Waals surface area contributed by atoms with Gasteiger partial charge in [0.05, 0.1) is 6.61 Å². The summed E-state index contributed by atoms with van der Waals surface area (Å²) in [6, 6.07) is 0.775. The number of rotatable bonds is 2. The third-order valence-electron chi connectivity index (χ3n) is 3.75. The van der Waals surface area contributed by atoms with Crippen molar-refractivity contribution >= 4 is 0 Å². The van der Waals surface area contributed by atoms with Crippen LogP contribution in [0, 0.1) is 5.92 Å². The summed E-state index contributed by atoms with van der Waals surface area (Å²) >= 11 is 0. The van der Waals surface area contributed by atoms with Crippen LogP contribution in [0.1, 0.15) is 32.1 Å². The first kappa shape index (κ1) is 10.2. The molecule has 0 aromatic carbocycles. The van der Waals surface area contributed by atoms with Gasteiger partial charge in [0.15, 0.2) is 0 Å². The molecule has 1 saturated heterocycles. The second-order valence-corrected chi connectivity index (χ2v) is 4.76. The van der Waals surface area contributed by atoms with Crippen LogP contribution < -0.4 is 0 Å². The lowest BCUT2D eigenvalue weighted by atomic mass is 9.94. The average molecular weight is 195 g/mol. The normalized spacial score (nSPS) is 31.2. The van der Waals surface area contributed by atoms with Gasteiger partial charge in [0, 0.05) is 25.0 Å². The maximum absolute atomic E-state index is 9.17. The van der Waals surface area contributed by atoms with Gasteiger partial charge in [-0.2, -0.15) is 0 Å². The first-order valence-corrected chi connectivity index (χ1v) is 5.84. The molecule has 0 amide bonds. The summed E-state index contributed by atoms with van der Waals surface area (Å²) < 4.78 is 0. The van der Waals surface area contributed by atoms with E-state index in [9.17, 15) is 0 Å². The SMILES string of the molecule is C=C1CN(C2CCCCC2)CC1CO. The number of nitrogens with zero attached hydrogens (tertiary/aromatic N) is 1. The molecule has 2 fully saturated rings. The topological polar surface area (TPSA) is 23.5 Å². The highest BCUT2D eigenvalue weighted by Crippen LogP contribution is 2.29. The summed E-state index contributed by atoms with van der Waals surface area (Å²) in [6.45, 7) is 6.40. The molecule has 2 heteroatoms. The van der Waals surface area contributed by atoms with Crippen LogP contribution in [0.4, 0.5) is 0 Å². The van der Waals surface area contributed by atoms with Crippen molar-refractivity contribution in [1.82, 2.24) is 4.90 Å². The first-order valence-electron chi connectivity index (χ1n) is 5.84.